The Morgan fingerprint density at radius 1 is 1.05 bits per heavy atom. The van der Waals surface area contributed by atoms with E-state index in [1.807, 2.05) is 43.4 Å². The molecular weight excluding hydrogens is 274 g/mol. The standard InChI is InChI=1S/C16H18ClNO2/c1-18-10-11-9-12(17)7-8-13(11)14-5-4-6-15(19-2)16(14)20-3/h4-9,18H,10H2,1-3H3. The summed E-state index contributed by atoms with van der Waals surface area (Å²) in [5, 5.41) is 3.88. The van der Waals surface area contributed by atoms with Gasteiger partial charge in [0.2, 0.25) is 0 Å². The highest BCUT2D eigenvalue weighted by Gasteiger charge is 2.14. The van der Waals surface area contributed by atoms with Crippen LogP contribution >= 0.6 is 11.6 Å². The summed E-state index contributed by atoms with van der Waals surface area (Å²) in [7, 11) is 5.19. The molecule has 0 saturated carbocycles. The SMILES string of the molecule is CNCc1cc(Cl)ccc1-c1cccc(OC)c1OC. The molecule has 2 rings (SSSR count). The molecule has 1 N–H and O–H groups in total. The molecule has 2 aromatic carbocycles. The molecule has 0 fully saturated rings. The normalized spacial score (nSPS) is 10.4. The summed E-state index contributed by atoms with van der Waals surface area (Å²) < 4.78 is 10.9. The van der Waals surface area contributed by atoms with Crippen molar-refractivity contribution in [3.63, 3.8) is 0 Å². The minimum atomic E-state index is 0.718. The second-order valence-electron chi connectivity index (χ2n) is 4.37. The lowest BCUT2D eigenvalue weighted by molar-refractivity contribution is 0.356. The zero-order valence-corrected chi connectivity index (χ0v) is 12.6. The van der Waals surface area contributed by atoms with Gasteiger partial charge in [-0.25, -0.2) is 0 Å². The molecule has 0 radical (unpaired) electrons. The van der Waals surface area contributed by atoms with E-state index in [-0.39, 0.29) is 0 Å². The largest absolute Gasteiger partial charge is 0.493 e. The monoisotopic (exact) mass is 291 g/mol. The van der Waals surface area contributed by atoms with Crippen molar-refractivity contribution >= 4 is 11.6 Å². The lowest BCUT2D eigenvalue weighted by Crippen LogP contribution is -2.06. The fourth-order valence-electron chi connectivity index (χ4n) is 2.26. The van der Waals surface area contributed by atoms with Crippen LogP contribution in [0.3, 0.4) is 0 Å². The van der Waals surface area contributed by atoms with E-state index in [1.54, 1.807) is 14.2 Å². The third-order valence-corrected chi connectivity index (χ3v) is 3.36. The van der Waals surface area contributed by atoms with Crippen LogP contribution in [0.25, 0.3) is 11.1 Å². The first-order valence-corrected chi connectivity index (χ1v) is 6.73. The van der Waals surface area contributed by atoms with Crippen LogP contribution in [0.1, 0.15) is 5.56 Å². The maximum absolute atomic E-state index is 6.09. The van der Waals surface area contributed by atoms with Gasteiger partial charge in [0.1, 0.15) is 0 Å². The molecule has 0 heterocycles. The topological polar surface area (TPSA) is 30.5 Å². The van der Waals surface area contributed by atoms with Gasteiger partial charge in [0.15, 0.2) is 11.5 Å². The number of halogens is 1. The van der Waals surface area contributed by atoms with Crippen molar-refractivity contribution in [1.82, 2.24) is 5.32 Å². The zero-order valence-electron chi connectivity index (χ0n) is 11.9. The molecule has 0 aliphatic heterocycles. The molecule has 0 spiro atoms. The Morgan fingerprint density at radius 3 is 2.50 bits per heavy atom. The summed E-state index contributed by atoms with van der Waals surface area (Å²) >= 11 is 6.09. The fourth-order valence-corrected chi connectivity index (χ4v) is 2.46. The van der Waals surface area contributed by atoms with E-state index < -0.39 is 0 Å². The lowest BCUT2D eigenvalue weighted by atomic mass is 9.98. The van der Waals surface area contributed by atoms with Crippen LogP contribution in [0.4, 0.5) is 0 Å². The molecule has 0 bridgehead atoms. The highest BCUT2D eigenvalue weighted by atomic mass is 35.5. The molecular formula is C16H18ClNO2. The quantitative estimate of drug-likeness (QED) is 0.910. The number of benzene rings is 2. The van der Waals surface area contributed by atoms with Crippen molar-refractivity contribution in [1.29, 1.82) is 0 Å². The number of hydrogen-bond donors (Lipinski definition) is 1. The van der Waals surface area contributed by atoms with Gasteiger partial charge in [-0.3, -0.25) is 0 Å². The molecule has 2 aromatic rings. The van der Waals surface area contributed by atoms with Gasteiger partial charge in [-0.1, -0.05) is 29.8 Å². The Morgan fingerprint density at radius 2 is 1.85 bits per heavy atom. The molecule has 0 atom stereocenters. The molecule has 0 aliphatic carbocycles. The summed E-state index contributed by atoms with van der Waals surface area (Å²) in [5.41, 5.74) is 3.19. The zero-order chi connectivity index (χ0) is 14.5. The first-order chi connectivity index (χ1) is 9.71. The molecule has 20 heavy (non-hydrogen) atoms. The highest BCUT2D eigenvalue weighted by molar-refractivity contribution is 6.30. The Labute approximate surface area is 124 Å². The lowest BCUT2D eigenvalue weighted by Gasteiger charge is -2.15. The predicted molar refractivity (Wildman–Crippen MR) is 82.8 cm³/mol. The molecule has 0 aromatic heterocycles. The Kier molecular flexibility index (Phi) is 4.88. The average Bonchev–Trinajstić information content (AvgIpc) is 2.47. The number of hydrogen-bond acceptors (Lipinski definition) is 3. The molecule has 0 aliphatic rings. The Bertz CT molecular complexity index is 599. The van der Waals surface area contributed by atoms with Gasteiger partial charge in [0.05, 0.1) is 14.2 Å². The third kappa shape index (κ3) is 2.89. The van der Waals surface area contributed by atoms with Crippen LogP contribution in [-0.4, -0.2) is 21.3 Å². The number of ether oxygens (including phenoxy) is 2. The number of rotatable bonds is 5. The van der Waals surface area contributed by atoms with Crippen molar-refractivity contribution in [3.8, 4) is 22.6 Å². The van der Waals surface area contributed by atoms with E-state index in [0.29, 0.717) is 0 Å². The summed E-state index contributed by atoms with van der Waals surface area (Å²) in [6, 6.07) is 11.7. The van der Waals surface area contributed by atoms with E-state index in [0.717, 1.165) is 39.8 Å². The number of methoxy groups -OCH3 is 2. The number of nitrogens with one attached hydrogen (secondary N) is 1. The van der Waals surface area contributed by atoms with Crippen molar-refractivity contribution in [2.24, 2.45) is 0 Å². The minimum Gasteiger partial charge on any atom is -0.493 e. The molecule has 0 unspecified atom stereocenters. The molecule has 4 heteroatoms. The molecule has 0 amide bonds. The first-order valence-electron chi connectivity index (χ1n) is 6.35. The predicted octanol–water partition coefficient (Wildman–Crippen LogP) is 3.74. The Balaban J connectivity index is 2.61. The summed E-state index contributed by atoms with van der Waals surface area (Å²) in [6.45, 7) is 0.732. The second-order valence-corrected chi connectivity index (χ2v) is 4.81. The van der Waals surface area contributed by atoms with E-state index in [1.165, 1.54) is 0 Å². The average molecular weight is 292 g/mol. The summed E-state index contributed by atoms with van der Waals surface area (Å²) in [5.74, 6) is 1.45. The smallest absolute Gasteiger partial charge is 0.168 e. The van der Waals surface area contributed by atoms with E-state index in [9.17, 15) is 0 Å². The summed E-state index contributed by atoms with van der Waals surface area (Å²) in [6.07, 6.45) is 0. The van der Waals surface area contributed by atoms with E-state index in [4.69, 9.17) is 21.1 Å². The maximum Gasteiger partial charge on any atom is 0.168 e. The highest BCUT2D eigenvalue weighted by Crippen LogP contribution is 2.39. The van der Waals surface area contributed by atoms with Gasteiger partial charge in [-0.15, -0.1) is 0 Å². The van der Waals surface area contributed by atoms with Crippen LogP contribution in [0, 0.1) is 0 Å². The van der Waals surface area contributed by atoms with Gasteiger partial charge in [-0.05, 0) is 36.4 Å². The van der Waals surface area contributed by atoms with E-state index >= 15 is 0 Å². The molecule has 3 nitrogen and oxygen atoms in total. The number of para-hydroxylation sites is 1. The summed E-state index contributed by atoms with van der Waals surface area (Å²) in [4.78, 5) is 0. The van der Waals surface area contributed by atoms with Crippen LogP contribution < -0.4 is 14.8 Å². The van der Waals surface area contributed by atoms with Crippen molar-refractivity contribution in [3.05, 3.63) is 47.0 Å². The fraction of sp³-hybridized carbons (Fsp3) is 0.250. The van der Waals surface area contributed by atoms with Gasteiger partial charge in [-0.2, -0.15) is 0 Å². The minimum absolute atomic E-state index is 0.718. The van der Waals surface area contributed by atoms with Gasteiger partial charge < -0.3 is 14.8 Å². The van der Waals surface area contributed by atoms with Crippen LogP contribution in [0.5, 0.6) is 11.5 Å². The van der Waals surface area contributed by atoms with Gasteiger partial charge >= 0.3 is 0 Å². The van der Waals surface area contributed by atoms with E-state index in [2.05, 4.69) is 5.32 Å². The first kappa shape index (κ1) is 14.7. The third-order valence-electron chi connectivity index (χ3n) is 3.13. The Hall–Kier alpha value is -1.71. The second kappa shape index (κ2) is 6.64. The molecule has 106 valence electrons. The van der Waals surface area contributed by atoms with Gasteiger partial charge in [0.25, 0.3) is 0 Å². The van der Waals surface area contributed by atoms with Crippen LogP contribution in [0.2, 0.25) is 5.02 Å². The van der Waals surface area contributed by atoms with Gasteiger partial charge in [0, 0.05) is 17.1 Å². The van der Waals surface area contributed by atoms with Crippen molar-refractivity contribution in [2.75, 3.05) is 21.3 Å². The molecule has 0 saturated heterocycles. The van der Waals surface area contributed by atoms with Crippen molar-refractivity contribution < 1.29 is 9.47 Å². The van der Waals surface area contributed by atoms with Crippen LogP contribution in [0.15, 0.2) is 36.4 Å². The van der Waals surface area contributed by atoms with Crippen molar-refractivity contribution in [2.45, 2.75) is 6.54 Å². The maximum atomic E-state index is 6.09. The van der Waals surface area contributed by atoms with Crippen LogP contribution in [-0.2, 0) is 6.54 Å².